The molecule has 0 saturated heterocycles. The average Bonchev–Trinajstić information content (AvgIpc) is 3.20. The summed E-state index contributed by atoms with van der Waals surface area (Å²) in [6, 6.07) is 15.8. The number of hydrogen-bond acceptors (Lipinski definition) is 6. The largest absolute Gasteiger partial charge is 0.493 e. The zero-order valence-electron chi connectivity index (χ0n) is 18.9. The van der Waals surface area contributed by atoms with Crippen molar-refractivity contribution in [2.75, 3.05) is 26.1 Å². The molecule has 9 heteroatoms. The van der Waals surface area contributed by atoms with Gasteiger partial charge in [-0.2, -0.15) is 4.98 Å². The molecule has 9 nitrogen and oxygen atoms in total. The number of ether oxygens (including phenoxy) is 2. The highest BCUT2D eigenvalue weighted by atomic mass is 16.5. The summed E-state index contributed by atoms with van der Waals surface area (Å²) in [4.78, 5) is 31.7. The summed E-state index contributed by atoms with van der Waals surface area (Å²) in [5.74, 6) is 1.90. The van der Waals surface area contributed by atoms with Crippen molar-refractivity contribution < 1.29 is 9.47 Å². The second-order valence-electron chi connectivity index (χ2n) is 7.68. The number of benzene rings is 2. The molecule has 4 aromatic rings. The average molecular weight is 450 g/mol. The van der Waals surface area contributed by atoms with Crippen molar-refractivity contribution in [1.82, 2.24) is 19.1 Å². The molecule has 0 atom stereocenters. The van der Waals surface area contributed by atoms with Crippen LogP contribution in [0, 0.1) is 0 Å². The van der Waals surface area contributed by atoms with E-state index in [4.69, 9.17) is 9.47 Å². The maximum Gasteiger partial charge on any atom is 0.329 e. The molecule has 0 amide bonds. The number of imidazole rings is 1. The van der Waals surface area contributed by atoms with Crippen LogP contribution in [0.5, 0.6) is 11.5 Å². The van der Waals surface area contributed by atoms with Crippen molar-refractivity contribution in [2.24, 2.45) is 7.05 Å². The Morgan fingerprint density at radius 1 is 0.970 bits per heavy atom. The monoisotopic (exact) mass is 449 g/mol. The molecule has 4 rings (SSSR count). The Hall–Kier alpha value is -4.01. The molecule has 0 unspecified atom stereocenters. The van der Waals surface area contributed by atoms with Crippen molar-refractivity contribution in [2.45, 2.75) is 19.4 Å². The molecule has 0 aliphatic carbocycles. The first-order valence-electron chi connectivity index (χ1n) is 10.7. The number of aryl methyl sites for hydroxylation is 3. The van der Waals surface area contributed by atoms with Crippen molar-refractivity contribution in [3.63, 3.8) is 0 Å². The quantitative estimate of drug-likeness (QED) is 0.407. The van der Waals surface area contributed by atoms with Crippen molar-refractivity contribution in [1.29, 1.82) is 0 Å². The Balaban J connectivity index is 1.60. The van der Waals surface area contributed by atoms with Gasteiger partial charge in [0.15, 0.2) is 22.7 Å². The molecule has 0 spiro atoms. The van der Waals surface area contributed by atoms with Crippen LogP contribution in [0.3, 0.4) is 0 Å². The van der Waals surface area contributed by atoms with Crippen LogP contribution >= 0.6 is 0 Å². The summed E-state index contributed by atoms with van der Waals surface area (Å²) in [5.41, 5.74) is 2.01. The molecule has 0 aliphatic rings. The van der Waals surface area contributed by atoms with E-state index in [1.165, 1.54) is 4.57 Å². The summed E-state index contributed by atoms with van der Waals surface area (Å²) >= 11 is 0. The number of nitrogens with zero attached hydrogens (tertiary/aromatic N) is 3. The molecule has 0 bridgehead atoms. The Labute approximate surface area is 190 Å². The van der Waals surface area contributed by atoms with E-state index in [2.05, 4.69) is 15.3 Å². The normalized spacial score (nSPS) is 11.0. The predicted molar refractivity (Wildman–Crippen MR) is 127 cm³/mol. The number of hydrogen-bond donors (Lipinski definition) is 2. The second kappa shape index (κ2) is 9.64. The van der Waals surface area contributed by atoms with Gasteiger partial charge in [0.05, 0.1) is 14.2 Å². The molecule has 172 valence electrons. The number of aromatic nitrogens is 4. The Bertz CT molecular complexity index is 1370. The molecule has 2 N–H and O–H groups in total. The molecule has 0 aliphatic heterocycles. The first-order chi connectivity index (χ1) is 16.0. The molecule has 33 heavy (non-hydrogen) atoms. The predicted octanol–water partition coefficient (Wildman–Crippen LogP) is 2.34. The van der Waals surface area contributed by atoms with Gasteiger partial charge in [0.25, 0.3) is 5.56 Å². The Kier molecular flexibility index (Phi) is 6.48. The summed E-state index contributed by atoms with van der Waals surface area (Å²) < 4.78 is 13.9. The smallest absolute Gasteiger partial charge is 0.329 e. The van der Waals surface area contributed by atoms with Gasteiger partial charge in [-0.3, -0.25) is 14.3 Å². The highest BCUT2D eigenvalue weighted by molar-refractivity contribution is 5.74. The van der Waals surface area contributed by atoms with Gasteiger partial charge < -0.3 is 19.4 Å². The maximum absolute atomic E-state index is 12.6. The summed E-state index contributed by atoms with van der Waals surface area (Å²) in [6.45, 7) is 1.12. The van der Waals surface area contributed by atoms with Crippen LogP contribution < -0.4 is 26.0 Å². The minimum atomic E-state index is -0.489. The molecule has 2 heterocycles. The minimum Gasteiger partial charge on any atom is -0.493 e. The standard InChI is InChI=1S/C24H27N5O4/c1-28-21-20(22(30)27-24(28)31)29(14-12-16-7-5-4-6-8-16)23(26-21)25-13-11-17-9-10-18(32-2)19(15-17)33-3/h4-10,15H,11-14H2,1-3H3,(H,25,26)(H,27,30,31). The van der Waals surface area contributed by atoms with E-state index in [-0.39, 0.29) is 0 Å². The zero-order chi connectivity index (χ0) is 23.4. The minimum absolute atomic E-state index is 0.352. The van der Waals surface area contributed by atoms with Gasteiger partial charge in [-0.05, 0) is 36.1 Å². The van der Waals surface area contributed by atoms with E-state index in [1.807, 2.05) is 53.1 Å². The third kappa shape index (κ3) is 4.62. The molecular weight excluding hydrogens is 422 g/mol. The lowest BCUT2D eigenvalue weighted by Crippen LogP contribution is -2.29. The number of rotatable bonds is 9. The number of anilines is 1. The summed E-state index contributed by atoms with van der Waals surface area (Å²) in [7, 11) is 4.81. The Morgan fingerprint density at radius 2 is 1.73 bits per heavy atom. The number of aromatic amines is 1. The van der Waals surface area contributed by atoms with Crippen LogP contribution in [0.15, 0.2) is 58.1 Å². The van der Waals surface area contributed by atoms with Gasteiger partial charge in [0.2, 0.25) is 5.95 Å². The van der Waals surface area contributed by atoms with E-state index in [0.717, 1.165) is 17.5 Å². The van der Waals surface area contributed by atoms with Crippen LogP contribution in [0.1, 0.15) is 11.1 Å². The first kappa shape index (κ1) is 22.2. The topological polar surface area (TPSA) is 103 Å². The van der Waals surface area contributed by atoms with Gasteiger partial charge in [0.1, 0.15) is 0 Å². The highest BCUT2D eigenvalue weighted by Crippen LogP contribution is 2.27. The SMILES string of the molecule is COc1ccc(CCNc2nc3c(c(=O)[nH]c(=O)n3C)n2CCc2ccccc2)cc1OC. The van der Waals surface area contributed by atoms with Crippen molar-refractivity contribution >= 4 is 17.1 Å². The van der Waals surface area contributed by atoms with E-state index < -0.39 is 11.2 Å². The van der Waals surface area contributed by atoms with Crippen molar-refractivity contribution in [3.05, 3.63) is 80.5 Å². The van der Waals surface area contributed by atoms with Crippen LogP contribution in [0.4, 0.5) is 5.95 Å². The van der Waals surface area contributed by atoms with Crippen molar-refractivity contribution in [3.8, 4) is 11.5 Å². The van der Waals surface area contributed by atoms with E-state index >= 15 is 0 Å². The van der Waals surface area contributed by atoms with E-state index in [0.29, 0.717) is 48.1 Å². The van der Waals surface area contributed by atoms with Gasteiger partial charge in [0, 0.05) is 20.1 Å². The summed E-state index contributed by atoms with van der Waals surface area (Å²) in [5, 5.41) is 3.34. The zero-order valence-corrected chi connectivity index (χ0v) is 18.9. The Morgan fingerprint density at radius 3 is 2.45 bits per heavy atom. The van der Waals surface area contributed by atoms with Gasteiger partial charge in [-0.25, -0.2) is 4.79 Å². The van der Waals surface area contributed by atoms with Crippen LogP contribution in [0.2, 0.25) is 0 Å². The van der Waals surface area contributed by atoms with E-state index in [9.17, 15) is 9.59 Å². The number of nitrogens with one attached hydrogen (secondary N) is 2. The second-order valence-corrected chi connectivity index (χ2v) is 7.68. The summed E-state index contributed by atoms with van der Waals surface area (Å²) in [6.07, 6.45) is 1.43. The van der Waals surface area contributed by atoms with Crippen LogP contribution in [-0.2, 0) is 26.4 Å². The number of fused-ring (bicyclic) bond motifs is 1. The molecule has 2 aromatic carbocycles. The lowest BCUT2D eigenvalue weighted by molar-refractivity contribution is 0.354. The molecule has 2 aromatic heterocycles. The lowest BCUT2D eigenvalue weighted by Gasteiger charge is -2.12. The van der Waals surface area contributed by atoms with Crippen LogP contribution in [-0.4, -0.2) is 39.9 Å². The fraction of sp³-hybridized carbons (Fsp3) is 0.292. The highest BCUT2D eigenvalue weighted by Gasteiger charge is 2.17. The van der Waals surface area contributed by atoms with Gasteiger partial charge in [-0.1, -0.05) is 36.4 Å². The van der Waals surface area contributed by atoms with Crippen LogP contribution in [0.25, 0.3) is 11.2 Å². The number of methoxy groups -OCH3 is 2. The van der Waals surface area contributed by atoms with E-state index in [1.54, 1.807) is 21.3 Å². The fourth-order valence-corrected chi connectivity index (χ4v) is 3.83. The molecular formula is C24H27N5O4. The molecule has 0 radical (unpaired) electrons. The van der Waals surface area contributed by atoms with Gasteiger partial charge in [-0.15, -0.1) is 0 Å². The lowest BCUT2D eigenvalue weighted by atomic mass is 10.1. The fourth-order valence-electron chi connectivity index (χ4n) is 3.83. The first-order valence-corrected chi connectivity index (χ1v) is 10.7. The molecule has 0 fully saturated rings. The maximum atomic E-state index is 12.6. The van der Waals surface area contributed by atoms with Gasteiger partial charge >= 0.3 is 5.69 Å². The third-order valence-electron chi connectivity index (χ3n) is 5.62. The number of H-pyrrole nitrogens is 1. The molecule has 0 saturated carbocycles. The third-order valence-corrected chi connectivity index (χ3v) is 5.62.